The Bertz CT molecular complexity index is 714. The van der Waals surface area contributed by atoms with Crippen molar-refractivity contribution in [2.45, 2.75) is 40.7 Å². The fourth-order valence-electron chi connectivity index (χ4n) is 4.67. The van der Waals surface area contributed by atoms with Gasteiger partial charge in [0.05, 0.1) is 13.2 Å². The van der Waals surface area contributed by atoms with Crippen LogP contribution in [0, 0.1) is 19.8 Å². The fraction of sp³-hybridized carbons (Fsp3) is 0.720. The summed E-state index contributed by atoms with van der Waals surface area (Å²) in [6.45, 7) is 22.4. The van der Waals surface area contributed by atoms with E-state index in [9.17, 15) is 0 Å². The van der Waals surface area contributed by atoms with Crippen LogP contribution in [0.1, 0.15) is 43.6 Å². The van der Waals surface area contributed by atoms with E-state index in [0.29, 0.717) is 5.92 Å². The normalized spacial score (nSPS) is 22.5. The lowest BCUT2D eigenvalue weighted by molar-refractivity contribution is -0.00836. The molecule has 174 valence electrons. The number of rotatable bonds is 7. The number of hydrogen-bond donors (Lipinski definition) is 1. The van der Waals surface area contributed by atoms with E-state index in [0.717, 1.165) is 45.3 Å². The molecule has 0 aliphatic carbocycles. The average molecular weight is 430 g/mol. The maximum atomic E-state index is 6.15. The Balaban J connectivity index is 1.57. The standard InChI is InChI=1S/C25H43N5O/c1-6-26-25(27-17-21(4)18-29-12-10-28(7-2)11-13-29)30-14-15-31-24(19-30)23-9-8-20(3)16-22(23)5/h8-9,16,21,24H,6-7,10-15,17-19H2,1-5H3,(H,26,27). The maximum absolute atomic E-state index is 6.15. The minimum Gasteiger partial charge on any atom is -0.370 e. The number of aliphatic imine (C=N–C) groups is 1. The molecule has 0 saturated carbocycles. The fourth-order valence-corrected chi connectivity index (χ4v) is 4.67. The van der Waals surface area contributed by atoms with Crippen molar-refractivity contribution in [3.63, 3.8) is 0 Å². The van der Waals surface area contributed by atoms with E-state index in [2.05, 4.69) is 72.8 Å². The Morgan fingerprint density at radius 1 is 1.13 bits per heavy atom. The van der Waals surface area contributed by atoms with Gasteiger partial charge in [-0.25, -0.2) is 0 Å². The molecule has 6 nitrogen and oxygen atoms in total. The molecule has 3 rings (SSSR count). The predicted octanol–water partition coefficient (Wildman–Crippen LogP) is 2.92. The van der Waals surface area contributed by atoms with Gasteiger partial charge in [0.1, 0.15) is 6.10 Å². The van der Waals surface area contributed by atoms with Crippen molar-refractivity contribution in [3.8, 4) is 0 Å². The summed E-state index contributed by atoms with van der Waals surface area (Å²) in [5, 5.41) is 3.52. The van der Waals surface area contributed by atoms with E-state index in [1.165, 1.54) is 49.4 Å². The second-order valence-electron chi connectivity index (χ2n) is 9.20. The molecule has 0 spiro atoms. The number of benzene rings is 1. The summed E-state index contributed by atoms with van der Waals surface area (Å²) in [6, 6.07) is 6.66. The molecule has 1 aromatic rings. The zero-order valence-corrected chi connectivity index (χ0v) is 20.4. The minimum atomic E-state index is 0.102. The minimum absolute atomic E-state index is 0.102. The molecule has 31 heavy (non-hydrogen) atoms. The summed E-state index contributed by atoms with van der Waals surface area (Å²) in [5.41, 5.74) is 3.91. The summed E-state index contributed by atoms with van der Waals surface area (Å²) in [6.07, 6.45) is 0.102. The van der Waals surface area contributed by atoms with E-state index in [4.69, 9.17) is 9.73 Å². The molecule has 2 unspecified atom stereocenters. The van der Waals surface area contributed by atoms with Gasteiger partial charge in [-0.2, -0.15) is 0 Å². The SMILES string of the molecule is CCNC(=NCC(C)CN1CCN(CC)CC1)N1CCOC(c2ccc(C)cc2C)C1. The molecule has 1 N–H and O–H groups in total. The van der Waals surface area contributed by atoms with Gasteiger partial charge in [-0.15, -0.1) is 0 Å². The summed E-state index contributed by atoms with van der Waals surface area (Å²) >= 11 is 0. The van der Waals surface area contributed by atoms with Gasteiger partial charge in [0.25, 0.3) is 0 Å². The van der Waals surface area contributed by atoms with Crippen LogP contribution in [0.5, 0.6) is 0 Å². The Hall–Kier alpha value is -1.63. The average Bonchev–Trinajstić information content (AvgIpc) is 2.77. The van der Waals surface area contributed by atoms with Gasteiger partial charge in [0.15, 0.2) is 5.96 Å². The van der Waals surface area contributed by atoms with Crippen LogP contribution in [0.3, 0.4) is 0 Å². The summed E-state index contributed by atoms with van der Waals surface area (Å²) in [7, 11) is 0. The molecule has 0 bridgehead atoms. The van der Waals surface area contributed by atoms with Crippen molar-refractivity contribution < 1.29 is 4.74 Å². The number of piperazine rings is 1. The van der Waals surface area contributed by atoms with E-state index < -0.39 is 0 Å². The number of ether oxygens (including phenoxy) is 1. The monoisotopic (exact) mass is 429 g/mol. The molecule has 2 aliphatic rings. The lowest BCUT2D eigenvalue weighted by Gasteiger charge is -2.36. The molecule has 0 aromatic heterocycles. The van der Waals surface area contributed by atoms with Crippen LogP contribution >= 0.6 is 0 Å². The summed E-state index contributed by atoms with van der Waals surface area (Å²) in [4.78, 5) is 12.6. The highest BCUT2D eigenvalue weighted by molar-refractivity contribution is 5.80. The Kier molecular flexibility index (Phi) is 9.17. The van der Waals surface area contributed by atoms with Crippen molar-refractivity contribution in [1.82, 2.24) is 20.0 Å². The summed E-state index contributed by atoms with van der Waals surface area (Å²) in [5.74, 6) is 1.58. The number of aryl methyl sites for hydroxylation is 2. The largest absolute Gasteiger partial charge is 0.370 e. The second kappa shape index (κ2) is 11.8. The van der Waals surface area contributed by atoms with E-state index in [-0.39, 0.29) is 6.10 Å². The van der Waals surface area contributed by atoms with E-state index in [1.807, 2.05) is 0 Å². The number of morpholine rings is 1. The molecule has 2 saturated heterocycles. The molecule has 0 amide bonds. The zero-order chi connectivity index (χ0) is 22.2. The van der Waals surface area contributed by atoms with Crippen LogP contribution in [0.2, 0.25) is 0 Å². The van der Waals surface area contributed by atoms with Crippen molar-refractivity contribution in [2.75, 3.05) is 72.1 Å². The number of nitrogens with zero attached hydrogens (tertiary/aromatic N) is 4. The van der Waals surface area contributed by atoms with Crippen LogP contribution in [-0.4, -0.2) is 92.7 Å². The highest BCUT2D eigenvalue weighted by Crippen LogP contribution is 2.26. The quantitative estimate of drug-likeness (QED) is 0.533. The number of guanidine groups is 1. The van der Waals surface area contributed by atoms with Crippen molar-refractivity contribution >= 4 is 5.96 Å². The van der Waals surface area contributed by atoms with Crippen LogP contribution in [0.15, 0.2) is 23.2 Å². The van der Waals surface area contributed by atoms with Gasteiger partial charge in [-0.05, 0) is 44.4 Å². The van der Waals surface area contributed by atoms with Crippen molar-refractivity contribution in [3.05, 3.63) is 34.9 Å². The third-order valence-electron chi connectivity index (χ3n) is 6.51. The lowest BCUT2D eigenvalue weighted by atomic mass is 10.00. The number of likely N-dealkylation sites (N-methyl/N-ethyl adjacent to an activating group) is 1. The molecular weight excluding hydrogens is 386 g/mol. The van der Waals surface area contributed by atoms with Crippen molar-refractivity contribution in [2.24, 2.45) is 10.9 Å². The van der Waals surface area contributed by atoms with Gasteiger partial charge in [-0.1, -0.05) is 37.6 Å². The predicted molar refractivity (Wildman–Crippen MR) is 130 cm³/mol. The lowest BCUT2D eigenvalue weighted by Crippen LogP contribution is -2.49. The first-order valence-corrected chi connectivity index (χ1v) is 12.2. The zero-order valence-electron chi connectivity index (χ0n) is 20.4. The summed E-state index contributed by atoms with van der Waals surface area (Å²) < 4.78 is 6.15. The Morgan fingerprint density at radius 2 is 1.87 bits per heavy atom. The van der Waals surface area contributed by atoms with Gasteiger partial charge in [0.2, 0.25) is 0 Å². The highest BCUT2D eigenvalue weighted by atomic mass is 16.5. The second-order valence-corrected chi connectivity index (χ2v) is 9.20. The van der Waals surface area contributed by atoms with Crippen LogP contribution in [-0.2, 0) is 4.74 Å². The molecular formula is C25H43N5O. The molecule has 2 fully saturated rings. The molecule has 0 radical (unpaired) electrons. The van der Waals surface area contributed by atoms with Gasteiger partial charge < -0.3 is 24.8 Å². The maximum Gasteiger partial charge on any atom is 0.194 e. The first kappa shape index (κ1) is 24.0. The Morgan fingerprint density at radius 3 is 2.55 bits per heavy atom. The first-order valence-electron chi connectivity index (χ1n) is 12.2. The van der Waals surface area contributed by atoms with Crippen LogP contribution in [0.4, 0.5) is 0 Å². The topological polar surface area (TPSA) is 43.3 Å². The third-order valence-corrected chi connectivity index (χ3v) is 6.51. The van der Waals surface area contributed by atoms with E-state index in [1.54, 1.807) is 0 Å². The van der Waals surface area contributed by atoms with E-state index >= 15 is 0 Å². The molecule has 2 heterocycles. The van der Waals surface area contributed by atoms with Crippen molar-refractivity contribution in [1.29, 1.82) is 0 Å². The van der Waals surface area contributed by atoms with Gasteiger partial charge >= 0.3 is 0 Å². The van der Waals surface area contributed by atoms with Crippen LogP contribution < -0.4 is 5.32 Å². The van der Waals surface area contributed by atoms with Crippen LogP contribution in [0.25, 0.3) is 0 Å². The highest BCUT2D eigenvalue weighted by Gasteiger charge is 2.25. The molecule has 1 aromatic carbocycles. The smallest absolute Gasteiger partial charge is 0.194 e. The van der Waals surface area contributed by atoms with Gasteiger partial charge in [0, 0.05) is 52.4 Å². The molecule has 2 atom stereocenters. The number of hydrogen-bond acceptors (Lipinski definition) is 4. The van der Waals surface area contributed by atoms with Gasteiger partial charge in [-0.3, -0.25) is 4.99 Å². The third kappa shape index (κ3) is 6.93. The first-order chi connectivity index (χ1) is 15.0. The molecule has 2 aliphatic heterocycles. The Labute approximate surface area is 189 Å². The number of nitrogens with one attached hydrogen (secondary N) is 1. The molecule has 6 heteroatoms.